The molecule has 3 fully saturated rings. The number of aliphatic hydroxyl groups excluding tert-OH is 1. The van der Waals surface area contributed by atoms with Gasteiger partial charge in [0.2, 0.25) is 0 Å². The van der Waals surface area contributed by atoms with Gasteiger partial charge in [-0.1, -0.05) is 30.4 Å². The van der Waals surface area contributed by atoms with Crippen LogP contribution in [0.3, 0.4) is 0 Å². The molecule has 0 radical (unpaired) electrons. The zero-order chi connectivity index (χ0) is 23.1. The Labute approximate surface area is 202 Å². The van der Waals surface area contributed by atoms with E-state index < -0.39 is 0 Å². The van der Waals surface area contributed by atoms with Gasteiger partial charge >= 0.3 is 0 Å². The van der Waals surface area contributed by atoms with Crippen molar-refractivity contribution in [2.75, 3.05) is 13.7 Å². The molecule has 5 rings (SSSR count). The molecule has 33 heavy (non-hydrogen) atoms. The number of benzene rings is 1. The van der Waals surface area contributed by atoms with Crippen LogP contribution in [-0.2, 0) is 11.2 Å². The van der Waals surface area contributed by atoms with Crippen LogP contribution in [-0.4, -0.2) is 45.1 Å². The second kappa shape index (κ2) is 9.16. The van der Waals surface area contributed by atoms with Crippen molar-refractivity contribution >= 4 is 40.3 Å². The largest absolute Gasteiger partial charge is 0.508 e. The van der Waals surface area contributed by atoms with Crippen LogP contribution in [0.5, 0.6) is 11.5 Å². The number of carbonyl (C=O) groups is 1. The van der Waals surface area contributed by atoms with Gasteiger partial charge in [-0.2, -0.15) is 0 Å². The van der Waals surface area contributed by atoms with E-state index in [1.54, 1.807) is 18.2 Å². The van der Waals surface area contributed by atoms with Crippen molar-refractivity contribution in [3.63, 3.8) is 0 Å². The topological polar surface area (TPSA) is 83.1 Å². The number of aliphatic hydroxyl groups is 1. The number of amides is 1. The maximum absolute atomic E-state index is 13.3. The number of aryl methyl sites for hydroxylation is 1. The van der Waals surface area contributed by atoms with Crippen LogP contribution < -0.4 is 4.74 Å². The fourth-order valence-electron chi connectivity index (χ4n) is 5.43. The number of furan rings is 1. The summed E-state index contributed by atoms with van der Waals surface area (Å²) in [7, 11) is 1.54. The fraction of sp³-hybridized carbons (Fsp3) is 0.440. The number of ether oxygens (including phenoxy) is 1. The maximum Gasteiger partial charge on any atom is 0.266 e. The maximum atomic E-state index is 13.3. The molecule has 2 aliphatic carbocycles. The van der Waals surface area contributed by atoms with Crippen molar-refractivity contribution in [3.8, 4) is 22.8 Å². The molecule has 174 valence electrons. The Morgan fingerprint density at radius 2 is 2.12 bits per heavy atom. The summed E-state index contributed by atoms with van der Waals surface area (Å²) in [6.45, 7) is 0.0618. The van der Waals surface area contributed by atoms with Gasteiger partial charge in [0.15, 0.2) is 0 Å². The van der Waals surface area contributed by atoms with Crippen molar-refractivity contribution in [2.24, 2.45) is 11.8 Å². The van der Waals surface area contributed by atoms with Crippen molar-refractivity contribution in [3.05, 3.63) is 40.5 Å². The summed E-state index contributed by atoms with van der Waals surface area (Å²) < 4.78 is 12.0. The highest BCUT2D eigenvalue weighted by Crippen LogP contribution is 2.49. The van der Waals surface area contributed by atoms with E-state index in [0.717, 1.165) is 17.9 Å². The van der Waals surface area contributed by atoms with E-state index in [4.69, 9.17) is 21.4 Å². The Balaban J connectivity index is 1.46. The molecule has 1 aliphatic heterocycles. The third-order valence-electron chi connectivity index (χ3n) is 6.98. The van der Waals surface area contributed by atoms with Crippen LogP contribution in [0.1, 0.15) is 43.4 Å². The minimum absolute atomic E-state index is 0.0346. The predicted molar refractivity (Wildman–Crippen MR) is 132 cm³/mol. The molecule has 8 heteroatoms. The van der Waals surface area contributed by atoms with Crippen molar-refractivity contribution in [1.82, 2.24) is 4.90 Å². The van der Waals surface area contributed by atoms with E-state index in [1.807, 2.05) is 11.0 Å². The highest BCUT2D eigenvalue weighted by atomic mass is 32.2. The molecule has 1 aromatic heterocycles. The molecule has 3 atom stereocenters. The van der Waals surface area contributed by atoms with Crippen molar-refractivity contribution in [2.45, 2.75) is 44.6 Å². The number of fused-ring (bicyclic) bond motifs is 2. The van der Waals surface area contributed by atoms with Crippen LogP contribution in [0, 0.1) is 11.8 Å². The lowest BCUT2D eigenvalue weighted by Crippen LogP contribution is -2.41. The monoisotopic (exact) mass is 485 g/mol. The fourth-order valence-corrected chi connectivity index (χ4v) is 6.77. The number of thiocarbonyl (C=S) groups is 1. The van der Waals surface area contributed by atoms with Crippen molar-refractivity contribution < 1.29 is 24.2 Å². The highest BCUT2D eigenvalue weighted by molar-refractivity contribution is 8.26. The molecule has 1 amide bonds. The van der Waals surface area contributed by atoms with Gasteiger partial charge in [-0.25, -0.2) is 0 Å². The van der Waals surface area contributed by atoms with Crippen LogP contribution in [0.25, 0.3) is 17.4 Å². The number of nitrogens with zero attached hydrogens (tertiary/aromatic N) is 1. The zero-order valence-electron chi connectivity index (χ0n) is 18.5. The first-order chi connectivity index (χ1) is 16.0. The lowest BCUT2D eigenvalue weighted by atomic mass is 9.94. The Bertz CT molecular complexity index is 1120. The molecular formula is C25H27NO5S2. The standard InChI is InChI=1S/C25H27NO5S2/c1-30-19-10-17(9-18(28)12-19)21-11-16(3-2-6-27)22(31-21)13-23-24(29)26(25(32)33-23)20-8-14-4-5-15(20)7-14/h9-15,20,27-28H,2-8H2,1H3. The summed E-state index contributed by atoms with van der Waals surface area (Å²) in [4.78, 5) is 15.7. The number of rotatable bonds is 7. The second-order valence-corrected chi connectivity index (χ2v) is 10.7. The Morgan fingerprint density at radius 3 is 2.82 bits per heavy atom. The molecule has 3 aliphatic rings. The molecule has 3 unspecified atom stereocenters. The third-order valence-corrected chi connectivity index (χ3v) is 8.31. The molecular weight excluding hydrogens is 458 g/mol. The van der Waals surface area contributed by atoms with Crippen LogP contribution in [0.15, 0.2) is 33.6 Å². The van der Waals surface area contributed by atoms with Crippen LogP contribution in [0.2, 0.25) is 0 Å². The molecule has 2 saturated carbocycles. The van der Waals surface area contributed by atoms with E-state index in [1.165, 1.54) is 44.2 Å². The number of aromatic hydroxyl groups is 1. The summed E-state index contributed by atoms with van der Waals surface area (Å²) in [6.07, 6.45) is 7.69. The first-order valence-corrected chi connectivity index (χ1v) is 12.6. The molecule has 6 nitrogen and oxygen atoms in total. The summed E-state index contributed by atoms with van der Waals surface area (Å²) in [5.41, 5.74) is 1.57. The number of carbonyl (C=O) groups excluding carboxylic acids is 1. The molecule has 0 spiro atoms. The summed E-state index contributed by atoms with van der Waals surface area (Å²) >= 11 is 6.95. The van der Waals surface area contributed by atoms with Gasteiger partial charge in [0.25, 0.3) is 5.91 Å². The molecule has 1 aromatic carbocycles. The number of methoxy groups -OCH3 is 1. The summed E-state index contributed by atoms with van der Waals surface area (Å²) in [5.74, 6) is 2.99. The van der Waals surface area contributed by atoms with E-state index in [0.29, 0.717) is 50.8 Å². The predicted octanol–water partition coefficient (Wildman–Crippen LogP) is 4.98. The highest BCUT2D eigenvalue weighted by Gasteiger charge is 2.48. The number of phenolic OH excluding ortho intramolecular Hbond substituents is 1. The lowest BCUT2D eigenvalue weighted by molar-refractivity contribution is -0.124. The number of thioether (sulfide) groups is 1. The zero-order valence-corrected chi connectivity index (χ0v) is 20.1. The molecule has 2 aromatic rings. The van der Waals surface area contributed by atoms with Gasteiger partial charge in [0, 0.05) is 30.4 Å². The van der Waals surface area contributed by atoms with Crippen molar-refractivity contribution in [1.29, 1.82) is 0 Å². The first kappa shape index (κ1) is 22.5. The summed E-state index contributed by atoms with van der Waals surface area (Å²) in [5, 5.41) is 19.4. The van der Waals surface area contributed by atoms with E-state index >= 15 is 0 Å². The molecule has 2 N–H and O–H groups in total. The number of hydrogen-bond donors (Lipinski definition) is 2. The first-order valence-electron chi connectivity index (χ1n) is 11.4. The number of hydrogen-bond acceptors (Lipinski definition) is 7. The quantitative estimate of drug-likeness (QED) is 0.423. The lowest BCUT2D eigenvalue weighted by Gasteiger charge is -2.30. The minimum atomic E-state index is -0.0346. The van der Waals surface area contributed by atoms with E-state index in [9.17, 15) is 15.0 Å². The molecule has 2 heterocycles. The average Bonchev–Trinajstić information content (AvgIpc) is 3.57. The van der Waals surface area contributed by atoms with Gasteiger partial charge < -0.3 is 19.4 Å². The van der Waals surface area contributed by atoms with Gasteiger partial charge in [-0.05, 0) is 67.7 Å². The summed E-state index contributed by atoms with van der Waals surface area (Å²) in [6, 6.07) is 7.04. The Hall–Kier alpha value is -2.29. The van der Waals surface area contributed by atoms with Gasteiger partial charge in [0.1, 0.15) is 27.3 Å². The number of phenols is 1. The Kier molecular flexibility index (Phi) is 6.24. The minimum Gasteiger partial charge on any atom is -0.508 e. The van der Waals surface area contributed by atoms with Crippen LogP contribution >= 0.6 is 24.0 Å². The third kappa shape index (κ3) is 4.32. The smallest absolute Gasteiger partial charge is 0.266 e. The average molecular weight is 486 g/mol. The van der Waals surface area contributed by atoms with E-state index in [-0.39, 0.29) is 24.3 Å². The van der Waals surface area contributed by atoms with Gasteiger partial charge in [0.05, 0.1) is 12.0 Å². The SMILES string of the molecule is COc1cc(O)cc(-c2cc(CCCO)c(C=C3SC(=S)N(C4CC5CCC4C5)C3=O)o2)c1. The molecule has 1 saturated heterocycles. The Morgan fingerprint density at radius 1 is 1.27 bits per heavy atom. The normalized spacial score (nSPS) is 25.6. The second-order valence-electron chi connectivity index (χ2n) is 9.04. The van der Waals surface area contributed by atoms with E-state index in [2.05, 4.69) is 0 Å². The van der Waals surface area contributed by atoms with Gasteiger partial charge in [-0.15, -0.1) is 0 Å². The molecule has 2 bridgehead atoms. The van der Waals surface area contributed by atoms with Gasteiger partial charge in [-0.3, -0.25) is 9.69 Å². The van der Waals surface area contributed by atoms with Crippen LogP contribution in [0.4, 0.5) is 0 Å².